The van der Waals surface area contributed by atoms with Gasteiger partial charge in [0, 0.05) is 16.8 Å². The third-order valence-corrected chi connectivity index (χ3v) is 5.50. The minimum Gasteiger partial charge on any atom is -0.383 e. The van der Waals surface area contributed by atoms with Gasteiger partial charge in [0.2, 0.25) is 0 Å². The van der Waals surface area contributed by atoms with E-state index >= 15 is 0 Å². The first-order valence-electron chi connectivity index (χ1n) is 9.57. The SMILES string of the molecule is C[C@H](c1cn(-c2ccccc2F)nn1)n1cc(-c2ccc(Cl)cc2)c2c(N)ncnc21. The molecule has 3 heterocycles. The van der Waals surface area contributed by atoms with Crippen LogP contribution in [0.1, 0.15) is 18.7 Å². The van der Waals surface area contributed by atoms with E-state index in [0.717, 1.165) is 16.5 Å². The van der Waals surface area contributed by atoms with Gasteiger partial charge in [-0.05, 0) is 36.8 Å². The molecule has 3 aromatic heterocycles. The summed E-state index contributed by atoms with van der Waals surface area (Å²) in [6.07, 6.45) is 5.11. The first-order valence-corrected chi connectivity index (χ1v) is 9.95. The zero-order chi connectivity index (χ0) is 21.5. The molecule has 0 aliphatic rings. The van der Waals surface area contributed by atoms with E-state index in [1.807, 2.05) is 42.0 Å². The van der Waals surface area contributed by atoms with Crippen LogP contribution >= 0.6 is 11.6 Å². The number of nitrogen functional groups attached to an aromatic ring is 1. The van der Waals surface area contributed by atoms with E-state index in [1.54, 1.807) is 24.4 Å². The molecule has 0 radical (unpaired) electrons. The first kappa shape index (κ1) is 19.2. The molecule has 0 saturated carbocycles. The van der Waals surface area contributed by atoms with Gasteiger partial charge < -0.3 is 10.3 Å². The highest BCUT2D eigenvalue weighted by Gasteiger charge is 2.21. The number of nitrogens with two attached hydrogens (primary N) is 1. The summed E-state index contributed by atoms with van der Waals surface area (Å²) < 4.78 is 17.5. The average Bonchev–Trinajstić information content (AvgIpc) is 3.40. The molecule has 1 atom stereocenters. The zero-order valence-corrected chi connectivity index (χ0v) is 17.2. The highest BCUT2D eigenvalue weighted by molar-refractivity contribution is 6.30. The number of hydrogen-bond acceptors (Lipinski definition) is 5. The first-order chi connectivity index (χ1) is 15.0. The molecule has 7 nitrogen and oxygen atoms in total. The lowest BCUT2D eigenvalue weighted by Crippen LogP contribution is -2.07. The molecule has 5 aromatic rings. The van der Waals surface area contributed by atoms with Crippen molar-refractivity contribution in [1.29, 1.82) is 0 Å². The quantitative estimate of drug-likeness (QED) is 0.445. The van der Waals surface area contributed by atoms with Crippen LogP contribution in [-0.2, 0) is 0 Å². The Morgan fingerprint density at radius 3 is 2.58 bits per heavy atom. The van der Waals surface area contributed by atoms with Crippen molar-refractivity contribution >= 4 is 28.5 Å². The summed E-state index contributed by atoms with van der Waals surface area (Å²) in [6.45, 7) is 1.97. The minimum absolute atomic E-state index is 0.238. The van der Waals surface area contributed by atoms with Crippen molar-refractivity contribution in [3.05, 3.63) is 83.8 Å². The van der Waals surface area contributed by atoms with E-state index in [-0.39, 0.29) is 11.9 Å². The van der Waals surface area contributed by atoms with Crippen molar-refractivity contribution in [2.45, 2.75) is 13.0 Å². The van der Waals surface area contributed by atoms with E-state index in [9.17, 15) is 4.39 Å². The fourth-order valence-corrected chi connectivity index (χ4v) is 3.74. The molecule has 0 amide bonds. The van der Waals surface area contributed by atoms with Crippen LogP contribution in [0.3, 0.4) is 0 Å². The van der Waals surface area contributed by atoms with Crippen LogP contribution in [-0.4, -0.2) is 29.5 Å². The molecule has 2 aromatic carbocycles. The number of rotatable bonds is 4. The number of anilines is 1. The van der Waals surface area contributed by atoms with E-state index in [4.69, 9.17) is 17.3 Å². The fourth-order valence-electron chi connectivity index (χ4n) is 3.62. The summed E-state index contributed by atoms with van der Waals surface area (Å²) >= 11 is 6.05. The lowest BCUT2D eigenvalue weighted by atomic mass is 10.1. The van der Waals surface area contributed by atoms with Gasteiger partial charge in [0.15, 0.2) is 0 Å². The largest absolute Gasteiger partial charge is 0.383 e. The van der Waals surface area contributed by atoms with Gasteiger partial charge >= 0.3 is 0 Å². The van der Waals surface area contributed by atoms with Crippen LogP contribution in [0.5, 0.6) is 0 Å². The number of halogens is 2. The Labute approximate surface area is 181 Å². The molecular formula is C22H17ClFN7. The molecule has 0 spiro atoms. The number of para-hydroxylation sites is 1. The second-order valence-electron chi connectivity index (χ2n) is 7.13. The molecule has 0 saturated heterocycles. The van der Waals surface area contributed by atoms with Crippen LogP contribution < -0.4 is 5.73 Å². The molecule has 2 N–H and O–H groups in total. The fraction of sp³-hybridized carbons (Fsp3) is 0.0909. The summed E-state index contributed by atoms with van der Waals surface area (Å²) in [5.74, 6) is 0.0134. The lowest BCUT2D eigenvalue weighted by molar-refractivity contribution is 0.607. The number of hydrogen-bond donors (Lipinski definition) is 1. The summed E-state index contributed by atoms with van der Waals surface area (Å²) in [6, 6.07) is 13.7. The Kier molecular flexibility index (Phi) is 4.63. The Hall–Kier alpha value is -3.78. The Bertz CT molecular complexity index is 1390. The number of fused-ring (bicyclic) bond motifs is 1. The second-order valence-corrected chi connectivity index (χ2v) is 7.57. The standard InChI is InChI=1S/C22H17ClFN7/c1-13(18-11-31(29-28-18)19-5-3-2-4-17(19)24)30-10-16(14-6-8-15(23)9-7-14)20-21(25)26-12-27-22(20)30/h2-13H,1H3,(H2,25,26,27)/t13-/m1/s1. The van der Waals surface area contributed by atoms with Crippen molar-refractivity contribution in [3.8, 4) is 16.8 Å². The smallest absolute Gasteiger partial charge is 0.148 e. The van der Waals surface area contributed by atoms with E-state index in [2.05, 4.69) is 20.3 Å². The lowest BCUT2D eigenvalue weighted by Gasteiger charge is -2.11. The van der Waals surface area contributed by atoms with Gasteiger partial charge in [0.25, 0.3) is 0 Å². The second kappa shape index (κ2) is 7.48. The van der Waals surface area contributed by atoms with Crippen molar-refractivity contribution in [3.63, 3.8) is 0 Å². The third-order valence-electron chi connectivity index (χ3n) is 5.25. The van der Waals surface area contributed by atoms with Crippen molar-refractivity contribution in [2.75, 3.05) is 5.73 Å². The molecule has 0 bridgehead atoms. The number of benzene rings is 2. The molecule has 154 valence electrons. The van der Waals surface area contributed by atoms with Gasteiger partial charge in [-0.15, -0.1) is 5.10 Å². The summed E-state index contributed by atoms with van der Waals surface area (Å²) in [4.78, 5) is 8.63. The van der Waals surface area contributed by atoms with Gasteiger partial charge in [-0.3, -0.25) is 0 Å². The van der Waals surface area contributed by atoms with E-state index < -0.39 is 0 Å². The number of nitrogens with zero attached hydrogens (tertiary/aromatic N) is 6. The zero-order valence-electron chi connectivity index (χ0n) is 16.4. The maximum absolute atomic E-state index is 14.1. The predicted molar refractivity (Wildman–Crippen MR) is 118 cm³/mol. The molecule has 0 aliphatic heterocycles. The molecule has 0 fully saturated rings. The van der Waals surface area contributed by atoms with Crippen LogP contribution in [0.15, 0.2) is 67.3 Å². The van der Waals surface area contributed by atoms with Crippen LogP contribution in [0.4, 0.5) is 10.2 Å². The van der Waals surface area contributed by atoms with Gasteiger partial charge in [-0.1, -0.05) is 41.1 Å². The predicted octanol–water partition coefficient (Wildman–Crippen LogP) is 4.66. The molecular weight excluding hydrogens is 417 g/mol. The monoisotopic (exact) mass is 433 g/mol. The highest BCUT2D eigenvalue weighted by atomic mass is 35.5. The Morgan fingerprint density at radius 2 is 1.81 bits per heavy atom. The molecule has 0 aliphatic carbocycles. The van der Waals surface area contributed by atoms with Crippen LogP contribution in [0.25, 0.3) is 27.8 Å². The summed E-state index contributed by atoms with van der Waals surface area (Å²) in [5, 5.41) is 9.77. The van der Waals surface area contributed by atoms with E-state index in [1.165, 1.54) is 17.1 Å². The maximum Gasteiger partial charge on any atom is 0.148 e. The number of aromatic nitrogens is 6. The third kappa shape index (κ3) is 3.30. The van der Waals surface area contributed by atoms with Crippen molar-refractivity contribution < 1.29 is 4.39 Å². The maximum atomic E-state index is 14.1. The molecule has 31 heavy (non-hydrogen) atoms. The van der Waals surface area contributed by atoms with E-state index in [0.29, 0.717) is 27.9 Å². The topological polar surface area (TPSA) is 87.4 Å². The van der Waals surface area contributed by atoms with Crippen LogP contribution in [0, 0.1) is 5.82 Å². The Morgan fingerprint density at radius 1 is 1.03 bits per heavy atom. The van der Waals surface area contributed by atoms with Gasteiger partial charge in [0.05, 0.1) is 17.6 Å². The highest BCUT2D eigenvalue weighted by Crippen LogP contribution is 2.35. The van der Waals surface area contributed by atoms with Crippen molar-refractivity contribution in [2.24, 2.45) is 0 Å². The normalized spacial score (nSPS) is 12.4. The Balaban J connectivity index is 1.62. The van der Waals surface area contributed by atoms with Gasteiger partial charge in [-0.2, -0.15) is 0 Å². The van der Waals surface area contributed by atoms with Crippen LogP contribution in [0.2, 0.25) is 5.02 Å². The average molecular weight is 434 g/mol. The minimum atomic E-state index is -0.372. The summed E-state index contributed by atoms with van der Waals surface area (Å²) in [7, 11) is 0. The van der Waals surface area contributed by atoms with Gasteiger partial charge in [-0.25, -0.2) is 19.0 Å². The van der Waals surface area contributed by atoms with Gasteiger partial charge in [0.1, 0.15) is 35.0 Å². The molecule has 5 rings (SSSR count). The molecule has 0 unspecified atom stereocenters. The summed E-state index contributed by atoms with van der Waals surface area (Å²) in [5.41, 5.74) is 9.69. The molecule has 9 heteroatoms. The van der Waals surface area contributed by atoms with Crippen molar-refractivity contribution in [1.82, 2.24) is 29.5 Å².